The molecule has 1 aromatic heterocycles. The van der Waals surface area contributed by atoms with Crippen molar-refractivity contribution in [3.8, 4) is 11.5 Å². The lowest BCUT2D eigenvalue weighted by Gasteiger charge is -2.18. The van der Waals surface area contributed by atoms with Crippen LogP contribution in [0.3, 0.4) is 0 Å². The maximum absolute atomic E-state index is 12.3. The van der Waals surface area contributed by atoms with Crippen molar-refractivity contribution in [3.05, 3.63) is 71.1 Å². The third-order valence-corrected chi connectivity index (χ3v) is 4.18. The molecule has 0 saturated carbocycles. The molecule has 1 N–H and O–H groups in total. The van der Waals surface area contributed by atoms with E-state index in [1.807, 2.05) is 55.5 Å². The second-order valence-electron chi connectivity index (χ2n) is 7.38. The maximum Gasteiger partial charge on any atom is 0.251 e. The molecule has 0 atom stereocenters. The van der Waals surface area contributed by atoms with Gasteiger partial charge in [-0.2, -0.15) is 0 Å². The van der Waals surface area contributed by atoms with Crippen LogP contribution >= 0.6 is 0 Å². The van der Waals surface area contributed by atoms with E-state index in [0.29, 0.717) is 17.3 Å². The molecule has 1 amide bonds. The van der Waals surface area contributed by atoms with Crippen molar-refractivity contribution in [2.45, 2.75) is 39.7 Å². The number of rotatable bonds is 4. The molecule has 0 radical (unpaired) electrons. The SMILES string of the molecule is Cc1ccc(-c2nnc(CNC(=O)c3ccc(C(C)(C)C)cc3)o2)cc1. The molecule has 0 bridgehead atoms. The number of carbonyl (C=O) groups excluding carboxylic acids is 1. The summed E-state index contributed by atoms with van der Waals surface area (Å²) in [6, 6.07) is 15.5. The number of aryl methyl sites for hydroxylation is 1. The average Bonchev–Trinajstić information content (AvgIpc) is 3.08. The second kappa shape index (κ2) is 7.12. The van der Waals surface area contributed by atoms with Crippen LogP contribution < -0.4 is 5.32 Å². The Hall–Kier alpha value is -2.95. The summed E-state index contributed by atoms with van der Waals surface area (Å²) in [6.07, 6.45) is 0. The topological polar surface area (TPSA) is 68.0 Å². The van der Waals surface area contributed by atoms with Gasteiger partial charge in [-0.05, 0) is 42.2 Å². The van der Waals surface area contributed by atoms with Crippen LogP contribution in [0.4, 0.5) is 0 Å². The van der Waals surface area contributed by atoms with E-state index in [2.05, 4.69) is 36.3 Å². The molecule has 0 unspecified atom stereocenters. The van der Waals surface area contributed by atoms with Crippen molar-refractivity contribution >= 4 is 5.91 Å². The van der Waals surface area contributed by atoms with Crippen molar-refractivity contribution in [1.29, 1.82) is 0 Å². The van der Waals surface area contributed by atoms with Gasteiger partial charge in [0.2, 0.25) is 11.8 Å². The molecule has 0 aliphatic heterocycles. The second-order valence-corrected chi connectivity index (χ2v) is 7.38. The first kappa shape index (κ1) is 17.9. The number of nitrogens with zero attached hydrogens (tertiary/aromatic N) is 2. The van der Waals surface area contributed by atoms with Gasteiger partial charge in [-0.1, -0.05) is 50.6 Å². The van der Waals surface area contributed by atoms with Gasteiger partial charge in [0.05, 0.1) is 6.54 Å². The Labute approximate surface area is 153 Å². The van der Waals surface area contributed by atoms with Crippen LogP contribution in [0.1, 0.15) is 48.1 Å². The summed E-state index contributed by atoms with van der Waals surface area (Å²) in [5.41, 5.74) is 3.88. The largest absolute Gasteiger partial charge is 0.419 e. The molecule has 0 aliphatic carbocycles. The fourth-order valence-electron chi connectivity index (χ4n) is 2.52. The smallest absolute Gasteiger partial charge is 0.251 e. The molecule has 26 heavy (non-hydrogen) atoms. The molecule has 3 aromatic rings. The average molecular weight is 349 g/mol. The van der Waals surface area contributed by atoms with Gasteiger partial charge in [0.15, 0.2) is 0 Å². The van der Waals surface area contributed by atoms with Crippen LogP contribution in [0.15, 0.2) is 52.9 Å². The summed E-state index contributed by atoms with van der Waals surface area (Å²) in [5.74, 6) is 0.657. The zero-order valence-corrected chi connectivity index (χ0v) is 15.5. The number of amides is 1. The zero-order valence-electron chi connectivity index (χ0n) is 15.5. The molecule has 0 aliphatic rings. The van der Waals surface area contributed by atoms with E-state index in [9.17, 15) is 4.79 Å². The first-order valence-electron chi connectivity index (χ1n) is 8.61. The van der Waals surface area contributed by atoms with Gasteiger partial charge in [0, 0.05) is 11.1 Å². The minimum absolute atomic E-state index is 0.0607. The number of hydrogen-bond acceptors (Lipinski definition) is 4. The summed E-state index contributed by atoms with van der Waals surface area (Å²) in [4.78, 5) is 12.3. The predicted molar refractivity (Wildman–Crippen MR) is 101 cm³/mol. The van der Waals surface area contributed by atoms with Gasteiger partial charge in [0.1, 0.15) is 0 Å². The van der Waals surface area contributed by atoms with E-state index < -0.39 is 0 Å². The summed E-state index contributed by atoms with van der Waals surface area (Å²) in [6.45, 7) is 8.64. The predicted octanol–water partition coefficient (Wildman–Crippen LogP) is 4.27. The minimum atomic E-state index is -0.166. The van der Waals surface area contributed by atoms with Crippen molar-refractivity contribution in [2.24, 2.45) is 0 Å². The lowest BCUT2D eigenvalue weighted by Crippen LogP contribution is -2.23. The van der Waals surface area contributed by atoms with Crippen molar-refractivity contribution in [3.63, 3.8) is 0 Å². The fraction of sp³-hybridized carbons (Fsp3) is 0.286. The van der Waals surface area contributed by atoms with E-state index in [1.165, 1.54) is 11.1 Å². The maximum atomic E-state index is 12.3. The number of hydrogen-bond donors (Lipinski definition) is 1. The Bertz CT molecular complexity index is 888. The van der Waals surface area contributed by atoms with Gasteiger partial charge in [0.25, 0.3) is 5.91 Å². The third kappa shape index (κ3) is 4.17. The highest BCUT2D eigenvalue weighted by Crippen LogP contribution is 2.22. The highest BCUT2D eigenvalue weighted by molar-refractivity contribution is 5.94. The highest BCUT2D eigenvalue weighted by Gasteiger charge is 2.15. The molecule has 134 valence electrons. The number of benzene rings is 2. The summed E-state index contributed by atoms with van der Waals surface area (Å²) < 4.78 is 5.62. The third-order valence-electron chi connectivity index (χ3n) is 4.18. The molecule has 5 heteroatoms. The Morgan fingerprint density at radius 3 is 2.27 bits per heavy atom. The van der Waals surface area contributed by atoms with Crippen molar-refractivity contribution in [2.75, 3.05) is 0 Å². The normalized spacial score (nSPS) is 11.4. The van der Waals surface area contributed by atoms with Crippen LogP contribution in [0.2, 0.25) is 0 Å². The van der Waals surface area contributed by atoms with Gasteiger partial charge in [-0.15, -0.1) is 10.2 Å². The molecular weight excluding hydrogens is 326 g/mol. The standard InChI is InChI=1S/C21H23N3O2/c1-14-5-7-16(8-6-14)20-24-23-18(26-20)13-22-19(25)15-9-11-17(12-10-15)21(2,3)4/h5-12H,13H2,1-4H3,(H,22,25). The van der Waals surface area contributed by atoms with Crippen LogP contribution in [0, 0.1) is 6.92 Å². The first-order chi connectivity index (χ1) is 12.3. The monoisotopic (exact) mass is 349 g/mol. The molecule has 0 fully saturated rings. The van der Waals surface area contributed by atoms with Gasteiger partial charge >= 0.3 is 0 Å². The van der Waals surface area contributed by atoms with Crippen LogP contribution in [-0.2, 0) is 12.0 Å². The van der Waals surface area contributed by atoms with E-state index >= 15 is 0 Å². The van der Waals surface area contributed by atoms with E-state index in [1.54, 1.807) is 0 Å². The number of aromatic nitrogens is 2. The lowest BCUT2D eigenvalue weighted by atomic mass is 9.87. The highest BCUT2D eigenvalue weighted by atomic mass is 16.4. The van der Waals surface area contributed by atoms with Crippen LogP contribution in [0.5, 0.6) is 0 Å². The molecule has 3 rings (SSSR count). The molecule has 0 saturated heterocycles. The summed E-state index contributed by atoms with van der Waals surface area (Å²) in [5, 5.41) is 10.8. The zero-order chi connectivity index (χ0) is 18.7. The lowest BCUT2D eigenvalue weighted by molar-refractivity contribution is 0.0947. The minimum Gasteiger partial charge on any atom is -0.419 e. The molecule has 0 spiro atoms. The Morgan fingerprint density at radius 1 is 1.00 bits per heavy atom. The Balaban J connectivity index is 1.62. The molecule has 2 aromatic carbocycles. The summed E-state index contributed by atoms with van der Waals surface area (Å²) in [7, 11) is 0. The van der Waals surface area contributed by atoms with Crippen molar-refractivity contribution < 1.29 is 9.21 Å². The summed E-state index contributed by atoms with van der Waals surface area (Å²) >= 11 is 0. The van der Waals surface area contributed by atoms with Crippen molar-refractivity contribution in [1.82, 2.24) is 15.5 Å². The van der Waals surface area contributed by atoms with Crippen LogP contribution in [-0.4, -0.2) is 16.1 Å². The van der Waals surface area contributed by atoms with Crippen LogP contribution in [0.25, 0.3) is 11.5 Å². The molecule has 5 nitrogen and oxygen atoms in total. The first-order valence-corrected chi connectivity index (χ1v) is 8.61. The van der Waals surface area contributed by atoms with E-state index in [0.717, 1.165) is 5.56 Å². The number of nitrogens with one attached hydrogen (secondary N) is 1. The number of carbonyl (C=O) groups is 1. The molecular formula is C21H23N3O2. The van der Waals surface area contributed by atoms with E-state index in [4.69, 9.17) is 4.42 Å². The van der Waals surface area contributed by atoms with Gasteiger partial charge in [-0.25, -0.2) is 0 Å². The van der Waals surface area contributed by atoms with Gasteiger partial charge in [-0.3, -0.25) is 4.79 Å². The molecule has 1 heterocycles. The van der Waals surface area contributed by atoms with Gasteiger partial charge < -0.3 is 9.73 Å². The fourth-order valence-corrected chi connectivity index (χ4v) is 2.52. The Kier molecular flexibility index (Phi) is 4.89. The quantitative estimate of drug-likeness (QED) is 0.764. The Morgan fingerprint density at radius 2 is 1.65 bits per heavy atom. The van der Waals surface area contributed by atoms with E-state index in [-0.39, 0.29) is 17.9 Å².